The molecule has 0 aliphatic carbocycles. The van der Waals surface area contributed by atoms with Crippen molar-refractivity contribution in [3.8, 4) is 0 Å². The molecule has 1 aromatic carbocycles. The SMILES string of the molecule is O=C(CN1CCC(c2nnc(C(F)(F)F)o2)CC1)Nc1ccc([N+](=O)[O-])cc1. The maximum absolute atomic E-state index is 12.5. The Morgan fingerprint density at radius 1 is 1.25 bits per heavy atom. The summed E-state index contributed by atoms with van der Waals surface area (Å²) in [5, 5.41) is 19.8. The fraction of sp³-hybridized carbons (Fsp3) is 0.438. The van der Waals surface area contributed by atoms with E-state index in [-0.39, 0.29) is 29.9 Å². The average molecular weight is 399 g/mol. The average Bonchev–Trinajstić information content (AvgIpc) is 3.13. The van der Waals surface area contributed by atoms with Crippen LogP contribution in [0.1, 0.15) is 30.5 Å². The Morgan fingerprint density at radius 2 is 1.89 bits per heavy atom. The van der Waals surface area contributed by atoms with E-state index in [4.69, 9.17) is 4.42 Å². The van der Waals surface area contributed by atoms with Gasteiger partial charge in [-0.1, -0.05) is 0 Å². The minimum absolute atomic E-state index is 0.0395. The molecule has 3 rings (SSSR count). The van der Waals surface area contributed by atoms with Crippen LogP contribution in [0.4, 0.5) is 24.5 Å². The molecule has 2 heterocycles. The molecule has 0 atom stereocenters. The molecule has 28 heavy (non-hydrogen) atoms. The van der Waals surface area contributed by atoms with Crippen LogP contribution in [-0.2, 0) is 11.0 Å². The lowest BCUT2D eigenvalue weighted by Gasteiger charge is -2.29. The number of hydrogen-bond acceptors (Lipinski definition) is 7. The third kappa shape index (κ3) is 4.82. The highest BCUT2D eigenvalue weighted by Crippen LogP contribution is 2.32. The molecule has 9 nitrogen and oxygen atoms in total. The van der Waals surface area contributed by atoms with E-state index in [1.807, 2.05) is 4.90 Å². The highest BCUT2D eigenvalue weighted by Gasteiger charge is 2.39. The second-order valence-electron chi connectivity index (χ2n) is 6.35. The van der Waals surface area contributed by atoms with Crippen molar-refractivity contribution in [1.82, 2.24) is 15.1 Å². The third-order valence-electron chi connectivity index (χ3n) is 4.35. The first-order valence-electron chi connectivity index (χ1n) is 8.39. The minimum atomic E-state index is -4.66. The van der Waals surface area contributed by atoms with Crippen LogP contribution < -0.4 is 5.32 Å². The van der Waals surface area contributed by atoms with Gasteiger partial charge in [0.25, 0.3) is 5.69 Å². The number of benzene rings is 1. The van der Waals surface area contributed by atoms with Crippen molar-refractivity contribution in [3.63, 3.8) is 0 Å². The number of aromatic nitrogens is 2. The summed E-state index contributed by atoms with van der Waals surface area (Å²) in [7, 11) is 0. The number of amides is 1. The van der Waals surface area contributed by atoms with Crippen molar-refractivity contribution >= 4 is 17.3 Å². The van der Waals surface area contributed by atoms with Crippen LogP contribution in [0.15, 0.2) is 28.7 Å². The number of likely N-dealkylation sites (tertiary alicyclic amines) is 1. The predicted octanol–water partition coefficient (Wildman–Crippen LogP) is 2.81. The summed E-state index contributed by atoms with van der Waals surface area (Å²) < 4.78 is 42.3. The largest absolute Gasteiger partial charge is 0.470 e. The maximum atomic E-state index is 12.5. The lowest BCUT2D eigenvalue weighted by Crippen LogP contribution is -2.38. The number of piperidine rings is 1. The monoisotopic (exact) mass is 399 g/mol. The molecular formula is C16H16F3N5O4. The number of halogens is 3. The lowest BCUT2D eigenvalue weighted by molar-refractivity contribution is -0.384. The van der Waals surface area contributed by atoms with Crippen molar-refractivity contribution < 1.29 is 27.3 Å². The molecule has 0 bridgehead atoms. The number of nitrogens with zero attached hydrogens (tertiary/aromatic N) is 4. The molecule has 2 aromatic rings. The van der Waals surface area contributed by atoms with Gasteiger partial charge in [0, 0.05) is 23.7 Å². The molecule has 1 amide bonds. The van der Waals surface area contributed by atoms with Crippen molar-refractivity contribution in [2.45, 2.75) is 24.9 Å². The Hall–Kier alpha value is -3.02. The molecule has 0 saturated carbocycles. The molecule has 0 spiro atoms. The quantitative estimate of drug-likeness (QED) is 0.607. The lowest BCUT2D eigenvalue weighted by atomic mass is 9.97. The number of anilines is 1. The number of nitro groups is 1. The van der Waals surface area contributed by atoms with Crippen LogP contribution in [0.5, 0.6) is 0 Å². The summed E-state index contributed by atoms with van der Waals surface area (Å²) in [5.41, 5.74) is 0.366. The van der Waals surface area contributed by atoms with E-state index in [1.165, 1.54) is 24.3 Å². The van der Waals surface area contributed by atoms with Crippen molar-refractivity contribution in [2.24, 2.45) is 0 Å². The molecule has 1 aliphatic heterocycles. The van der Waals surface area contributed by atoms with Gasteiger partial charge in [-0.3, -0.25) is 19.8 Å². The van der Waals surface area contributed by atoms with Crippen LogP contribution in [0.2, 0.25) is 0 Å². The maximum Gasteiger partial charge on any atom is 0.470 e. The van der Waals surface area contributed by atoms with E-state index in [2.05, 4.69) is 15.5 Å². The Labute approximate surface area is 156 Å². The van der Waals surface area contributed by atoms with Gasteiger partial charge in [0.1, 0.15) is 0 Å². The Balaban J connectivity index is 1.48. The Bertz CT molecular complexity index is 845. The molecule has 0 unspecified atom stereocenters. The van der Waals surface area contributed by atoms with Gasteiger partial charge in [0.05, 0.1) is 11.5 Å². The number of rotatable bonds is 5. The van der Waals surface area contributed by atoms with E-state index in [0.29, 0.717) is 31.6 Å². The normalized spacial score (nSPS) is 16.1. The summed E-state index contributed by atoms with van der Waals surface area (Å²) in [4.78, 5) is 24.1. The number of nitrogens with one attached hydrogen (secondary N) is 1. The zero-order valence-corrected chi connectivity index (χ0v) is 14.5. The first-order valence-corrected chi connectivity index (χ1v) is 8.39. The fourth-order valence-electron chi connectivity index (χ4n) is 2.92. The molecule has 150 valence electrons. The molecule has 1 aliphatic rings. The van der Waals surface area contributed by atoms with E-state index in [9.17, 15) is 28.1 Å². The van der Waals surface area contributed by atoms with Gasteiger partial charge >= 0.3 is 12.1 Å². The number of nitro benzene ring substituents is 1. The van der Waals surface area contributed by atoms with Gasteiger partial charge in [-0.25, -0.2) is 0 Å². The van der Waals surface area contributed by atoms with Crippen molar-refractivity contribution in [1.29, 1.82) is 0 Å². The number of non-ortho nitro benzene ring substituents is 1. The van der Waals surface area contributed by atoms with Crippen LogP contribution in [-0.4, -0.2) is 45.6 Å². The first-order chi connectivity index (χ1) is 13.2. The van der Waals surface area contributed by atoms with Gasteiger partial charge in [-0.2, -0.15) is 13.2 Å². The highest BCUT2D eigenvalue weighted by molar-refractivity contribution is 5.92. The number of carbonyl (C=O) groups excluding carboxylic acids is 1. The smallest absolute Gasteiger partial charge is 0.417 e. The predicted molar refractivity (Wildman–Crippen MR) is 89.4 cm³/mol. The molecule has 12 heteroatoms. The van der Waals surface area contributed by atoms with Crippen LogP contribution in [0.3, 0.4) is 0 Å². The van der Waals surface area contributed by atoms with Gasteiger partial charge < -0.3 is 9.73 Å². The first kappa shape index (κ1) is 19.7. The molecule has 1 aromatic heterocycles. The van der Waals surface area contributed by atoms with Crippen LogP contribution >= 0.6 is 0 Å². The highest BCUT2D eigenvalue weighted by atomic mass is 19.4. The minimum Gasteiger partial charge on any atom is -0.417 e. The molecule has 1 fully saturated rings. The van der Waals surface area contributed by atoms with E-state index in [1.54, 1.807) is 0 Å². The van der Waals surface area contributed by atoms with E-state index < -0.39 is 17.0 Å². The number of hydrogen-bond donors (Lipinski definition) is 1. The van der Waals surface area contributed by atoms with E-state index in [0.717, 1.165) is 0 Å². The summed E-state index contributed by atoms with van der Waals surface area (Å²) in [6.45, 7) is 1.07. The van der Waals surface area contributed by atoms with Gasteiger partial charge in [0.2, 0.25) is 11.8 Å². The van der Waals surface area contributed by atoms with Crippen LogP contribution in [0, 0.1) is 10.1 Å². The summed E-state index contributed by atoms with van der Waals surface area (Å²) in [6, 6.07) is 5.47. The number of carbonyl (C=O) groups is 1. The standard InChI is InChI=1S/C16H16F3N5O4/c17-16(18,19)15-22-21-14(28-15)10-5-7-23(8-6-10)9-13(25)20-11-1-3-12(4-2-11)24(26)27/h1-4,10H,5-9H2,(H,20,25). The zero-order valence-electron chi connectivity index (χ0n) is 14.5. The number of alkyl halides is 3. The van der Waals surface area contributed by atoms with Gasteiger partial charge in [-0.15, -0.1) is 10.2 Å². The van der Waals surface area contributed by atoms with Gasteiger partial charge in [-0.05, 0) is 38.1 Å². The second kappa shape index (κ2) is 7.92. The van der Waals surface area contributed by atoms with E-state index >= 15 is 0 Å². The van der Waals surface area contributed by atoms with Gasteiger partial charge in [0.15, 0.2) is 0 Å². The van der Waals surface area contributed by atoms with Crippen LogP contribution in [0.25, 0.3) is 0 Å². The Morgan fingerprint density at radius 3 is 2.43 bits per heavy atom. The molecule has 1 N–H and O–H groups in total. The summed E-state index contributed by atoms with van der Waals surface area (Å²) in [5.74, 6) is -1.96. The summed E-state index contributed by atoms with van der Waals surface area (Å²) >= 11 is 0. The zero-order chi connectivity index (χ0) is 20.3. The topological polar surface area (TPSA) is 114 Å². The van der Waals surface area contributed by atoms with Crippen molar-refractivity contribution in [3.05, 3.63) is 46.2 Å². The fourth-order valence-corrected chi connectivity index (χ4v) is 2.92. The molecule has 1 saturated heterocycles. The molecular weight excluding hydrogens is 383 g/mol. The van der Waals surface area contributed by atoms with Crippen molar-refractivity contribution in [2.75, 3.05) is 25.0 Å². The Kier molecular flexibility index (Phi) is 5.58. The molecule has 0 radical (unpaired) electrons. The summed E-state index contributed by atoms with van der Waals surface area (Å²) in [6.07, 6.45) is -3.68. The third-order valence-corrected chi connectivity index (χ3v) is 4.35. The second-order valence-corrected chi connectivity index (χ2v) is 6.35.